The maximum atomic E-state index is 14.4. The van der Waals surface area contributed by atoms with Crippen LogP contribution in [0, 0.1) is 11.2 Å². The molecular weight excluding hydrogens is 295 g/mol. The van der Waals surface area contributed by atoms with E-state index < -0.39 is 5.91 Å². The van der Waals surface area contributed by atoms with Crippen molar-refractivity contribution in [2.24, 2.45) is 5.41 Å². The van der Waals surface area contributed by atoms with E-state index in [4.69, 9.17) is 5.21 Å². The summed E-state index contributed by atoms with van der Waals surface area (Å²) in [5, 5.41) is 8.72. The topological polar surface area (TPSA) is 52.6 Å². The van der Waals surface area contributed by atoms with Crippen molar-refractivity contribution in [2.75, 3.05) is 6.54 Å². The molecule has 2 fully saturated rings. The summed E-state index contributed by atoms with van der Waals surface area (Å²) in [5.41, 5.74) is 3.99. The number of amides is 1. The van der Waals surface area contributed by atoms with Crippen LogP contribution in [0.4, 0.5) is 4.39 Å². The first-order valence-corrected chi connectivity index (χ1v) is 8.60. The van der Waals surface area contributed by atoms with E-state index in [2.05, 4.69) is 4.90 Å². The molecule has 0 aromatic heterocycles. The number of nitrogens with one attached hydrogen (secondary N) is 1. The zero-order chi connectivity index (χ0) is 16.0. The SMILES string of the molecule is O=C(NO)c1cc(F)c2c(c1)CCN([C@H]1CCC3(CCC3)C1)C2. The molecule has 1 atom stereocenters. The molecule has 2 aliphatic carbocycles. The number of rotatable bonds is 2. The number of carbonyl (C=O) groups is 1. The zero-order valence-corrected chi connectivity index (χ0v) is 13.3. The van der Waals surface area contributed by atoms with Crippen LogP contribution in [0.3, 0.4) is 0 Å². The van der Waals surface area contributed by atoms with E-state index in [9.17, 15) is 9.18 Å². The van der Waals surface area contributed by atoms with E-state index in [0.29, 0.717) is 18.0 Å². The highest BCUT2D eigenvalue weighted by atomic mass is 19.1. The number of nitrogens with zero attached hydrogens (tertiary/aromatic N) is 1. The van der Waals surface area contributed by atoms with Gasteiger partial charge in [0, 0.05) is 30.3 Å². The normalized spacial score (nSPS) is 25.9. The third-order valence-electron chi connectivity index (χ3n) is 6.29. The van der Waals surface area contributed by atoms with Crippen LogP contribution in [-0.4, -0.2) is 28.6 Å². The summed E-state index contributed by atoms with van der Waals surface area (Å²) in [6.45, 7) is 1.57. The Bertz CT molecular complexity index is 642. The van der Waals surface area contributed by atoms with Crippen LogP contribution in [-0.2, 0) is 13.0 Å². The van der Waals surface area contributed by atoms with Gasteiger partial charge in [0.2, 0.25) is 0 Å². The van der Waals surface area contributed by atoms with Gasteiger partial charge in [0.1, 0.15) is 5.82 Å². The molecule has 0 saturated heterocycles. The van der Waals surface area contributed by atoms with Gasteiger partial charge in [-0.3, -0.25) is 14.9 Å². The highest BCUT2D eigenvalue weighted by Gasteiger charge is 2.45. The molecule has 124 valence electrons. The first-order chi connectivity index (χ1) is 11.1. The first kappa shape index (κ1) is 15.1. The van der Waals surface area contributed by atoms with E-state index in [1.165, 1.54) is 44.6 Å². The Morgan fingerprint density at radius 2 is 2.17 bits per heavy atom. The maximum Gasteiger partial charge on any atom is 0.274 e. The highest BCUT2D eigenvalue weighted by Crippen LogP contribution is 2.54. The molecule has 2 saturated carbocycles. The van der Waals surface area contributed by atoms with Gasteiger partial charge in [0.05, 0.1) is 0 Å². The van der Waals surface area contributed by atoms with Gasteiger partial charge in [-0.1, -0.05) is 6.42 Å². The fourth-order valence-electron chi connectivity index (χ4n) is 4.77. The Morgan fingerprint density at radius 1 is 1.35 bits per heavy atom. The van der Waals surface area contributed by atoms with Gasteiger partial charge in [-0.15, -0.1) is 0 Å². The number of hydrogen-bond donors (Lipinski definition) is 2. The monoisotopic (exact) mass is 318 g/mol. The smallest absolute Gasteiger partial charge is 0.274 e. The predicted molar refractivity (Wildman–Crippen MR) is 83.7 cm³/mol. The summed E-state index contributed by atoms with van der Waals surface area (Å²) in [5.74, 6) is -0.987. The molecule has 0 bridgehead atoms. The molecule has 5 heteroatoms. The molecule has 2 N–H and O–H groups in total. The van der Waals surface area contributed by atoms with Gasteiger partial charge < -0.3 is 0 Å². The summed E-state index contributed by atoms with van der Waals surface area (Å²) in [6.07, 6.45) is 8.74. The van der Waals surface area contributed by atoms with Crippen LogP contribution in [0.15, 0.2) is 12.1 Å². The molecule has 1 heterocycles. The summed E-state index contributed by atoms with van der Waals surface area (Å²) >= 11 is 0. The summed E-state index contributed by atoms with van der Waals surface area (Å²) in [4.78, 5) is 13.9. The third-order valence-corrected chi connectivity index (χ3v) is 6.29. The van der Waals surface area contributed by atoms with E-state index in [-0.39, 0.29) is 11.4 Å². The molecule has 1 aromatic carbocycles. The Labute approximate surface area is 135 Å². The Morgan fingerprint density at radius 3 is 2.83 bits per heavy atom. The predicted octanol–water partition coefficient (Wildman–Crippen LogP) is 3.03. The molecule has 3 aliphatic rings. The van der Waals surface area contributed by atoms with Crippen molar-refractivity contribution in [1.29, 1.82) is 0 Å². The van der Waals surface area contributed by atoms with E-state index in [0.717, 1.165) is 24.1 Å². The number of carbonyl (C=O) groups excluding carboxylic acids is 1. The molecule has 1 amide bonds. The second-order valence-electron chi connectivity index (χ2n) is 7.51. The van der Waals surface area contributed by atoms with Crippen molar-refractivity contribution in [3.05, 3.63) is 34.6 Å². The Hall–Kier alpha value is -1.46. The second kappa shape index (κ2) is 5.56. The van der Waals surface area contributed by atoms with Crippen LogP contribution in [0.5, 0.6) is 0 Å². The standard InChI is InChI=1S/C18H23FN2O2/c19-16-9-13(17(22)20-23)8-12-3-7-21(11-15(12)16)14-2-6-18(10-14)4-1-5-18/h8-9,14,23H,1-7,10-11H2,(H,20,22)/t14-/m0/s1. The van der Waals surface area contributed by atoms with E-state index >= 15 is 0 Å². The molecule has 4 rings (SSSR count). The van der Waals surface area contributed by atoms with Crippen molar-refractivity contribution in [3.8, 4) is 0 Å². The van der Waals surface area contributed by atoms with Crippen LogP contribution in [0.1, 0.15) is 60.0 Å². The molecule has 1 spiro atoms. The van der Waals surface area contributed by atoms with Gasteiger partial charge in [-0.2, -0.15) is 0 Å². The lowest BCUT2D eigenvalue weighted by Crippen LogP contribution is -2.40. The lowest BCUT2D eigenvalue weighted by atomic mass is 9.67. The van der Waals surface area contributed by atoms with E-state index in [1.54, 1.807) is 11.5 Å². The van der Waals surface area contributed by atoms with Crippen molar-refractivity contribution in [3.63, 3.8) is 0 Å². The minimum Gasteiger partial charge on any atom is -0.296 e. The van der Waals surface area contributed by atoms with E-state index in [1.807, 2.05) is 0 Å². The van der Waals surface area contributed by atoms with Gasteiger partial charge in [0.15, 0.2) is 0 Å². The molecule has 1 aromatic rings. The first-order valence-electron chi connectivity index (χ1n) is 8.60. The highest BCUT2D eigenvalue weighted by molar-refractivity contribution is 5.93. The van der Waals surface area contributed by atoms with Crippen molar-refractivity contribution >= 4 is 5.91 Å². The van der Waals surface area contributed by atoms with Crippen molar-refractivity contribution < 1.29 is 14.4 Å². The van der Waals surface area contributed by atoms with Gasteiger partial charge in [-0.25, -0.2) is 9.87 Å². The van der Waals surface area contributed by atoms with Gasteiger partial charge in [0.25, 0.3) is 5.91 Å². The quantitative estimate of drug-likeness (QED) is 0.651. The molecule has 4 nitrogen and oxygen atoms in total. The molecule has 0 radical (unpaired) electrons. The fraction of sp³-hybridized carbons (Fsp3) is 0.611. The average molecular weight is 318 g/mol. The van der Waals surface area contributed by atoms with Crippen LogP contribution >= 0.6 is 0 Å². The third kappa shape index (κ3) is 2.56. The lowest BCUT2D eigenvalue weighted by molar-refractivity contribution is 0.0705. The second-order valence-corrected chi connectivity index (χ2v) is 7.51. The lowest BCUT2D eigenvalue weighted by Gasteiger charge is -2.40. The summed E-state index contributed by atoms with van der Waals surface area (Å²) < 4.78 is 14.4. The van der Waals surface area contributed by atoms with Crippen molar-refractivity contribution in [2.45, 2.75) is 57.5 Å². The molecule has 0 unspecified atom stereocenters. The number of halogens is 1. The van der Waals surface area contributed by atoms with Gasteiger partial charge >= 0.3 is 0 Å². The minimum atomic E-state index is -0.656. The molecular formula is C18H23FN2O2. The average Bonchev–Trinajstić information content (AvgIpc) is 2.99. The van der Waals surface area contributed by atoms with Crippen molar-refractivity contribution in [1.82, 2.24) is 10.4 Å². The number of hydroxylamine groups is 1. The Balaban J connectivity index is 1.52. The zero-order valence-electron chi connectivity index (χ0n) is 13.3. The van der Waals surface area contributed by atoms with Crippen LogP contribution < -0.4 is 5.48 Å². The van der Waals surface area contributed by atoms with Crippen LogP contribution in [0.25, 0.3) is 0 Å². The summed E-state index contributed by atoms with van der Waals surface area (Å²) in [7, 11) is 0. The largest absolute Gasteiger partial charge is 0.296 e. The number of fused-ring (bicyclic) bond motifs is 1. The van der Waals surface area contributed by atoms with Gasteiger partial charge in [-0.05, 0) is 61.6 Å². The fourth-order valence-corrected chi connectivity index (χ4v) is 4.77. The molecule has 1 aliphatic heterocycles. The molecule has 23 heavy (non-hydrogen) atoms. The summed E-state index contributed by atoms with van der Waals surface area (Å²) in [6, 6.07) is 3.53. The maximum absolute atomic E-state index is 14.4. The Kier molecular flexibility index (Phi) is 3.65. The minimum absolute atomic E-state index is 0.187. The number of hydrogen-bond acceptors (Lipinski definition) is 3. The number of benzene rings is 1. The van der Waals surface area contributed by atoms with Crippen LogP contribution in [0.2, 0.25) is 0 Å².